The molecular weight excluding hydrogens is 258 g/mol. The maximum absolute atomic E-state index is 9.74. The number of aromatic nitrogens is 1. The standard InChI is InChI=1S/C15H19NO2S/c1-9(2)16-6-5-15(19-10(3)4)11-7-13(17)14(18)8-12(11)16/h5-10,17H,1-4H3/p+1. The first-order valence-electron chi connectivity index (χ1n) is 6.46. The number of aromatic hydroxyl groups is 2. The molecule has 1 aromatic heterocycles. The number of phenols is 2. The number of fused-ring (bicyclic) bond motifs is 1. The summed E-state index contributed by atoms with van der Waals surface area (Å²) < 4.78 is 2.10. The Balaban J connectivity index is 2.74. The zero-order valence-corrected chi connectivity index (χ0v) is 12.5. The van der Waals surface area contributed by atoms with E-state index in [0.29, 0.717) is 11.3 Å². The van der Waals surface area contributed by atoms with Crippen molar-refractivity contribution in [1.29, 1.82) is 0 Å². The maximum atomic E-state index is 9.74. The van der Waals surface area contributed by atoms with Crippen molar-refractivity contribution in [2.75, 3.05) is 0 Å². The average Bonchev–Trinajstić information content (AvgIpc) is 2.30. The largest absolute Gasteiger partial charge is 0.504 e. The number of hydrogen-bond acceptors (Lipinski definition) is 3. The molecule has 2 rings (SSSR count). The first-order chi connectivity index (χ1) is 8.90. The number of hydrogen-bond donors (Lipinski definition) is 2. The molecule has 0 unspecified atom stereocenters. The molecule has 0 aliphatic rings. The molecule has 0 bridgehead atoms. The van der Waals surface area contributed by atoms with Gasteiger partial charge >= 0.3 is 0 Å². The molecule has 0 saturated carbocycles. The van der Waals surface area contributed by atoms with Gasteiger partial charge < -0.3 is 10.2 Å². The van der Waals surface area contributed by atoms with Crippen LogP contribution in [0.5, 0.6) is 11.5 Å². The first kappa shape index (κ1) is 14.0. The lowest BCUT2D eigenvalue weighted by Crippen LogP contribution is -2.36. The van der Waals surface area contributed by atoms with Gasteiger partial charge in [-0.2, -0.15) is 4.57 Å². The third kappa shape index (κ3) is 2.78. The number of benzene rings is 1. The maximum Gasteiger partial charge on any atom is 0.217 e. The van der Waals surface area contributed by atoms with Crippen molar-refractivity contribution in [1.82, 2.24) is 0 Å². The lowest BCUT2D eigenvalue weighted by molar-refractivity contribution is -0.691. The SMILES string of the molecule is CC(C)Sc1cc[n+](C(C)C)c2cc(O)c(O)cc12. The van der Waals surface area contributed by atoms with Gasteiger partial charge in [0.05, 0.1) is 11.5 Å². The number of pyridine rings is 1. The van der Waals surface area contributed by atoms with Gasteiger partial charge in [-0.15, -0.1) is 11.8 Å². The zero-order chi connectivity index (χ0) is 14.2. The van der Waals surface area contributed by atoms with Crippen molar-refractivity contribution in [3.05, 3.63) is 24.4 Å². The fraction of sp³-hybridized carbons (Fsp3) is 0.400. The van der Waals surface area contributed by atoms with E-state index in [4.69, 9.17) is 0 Å². The quantitative estimate of drug-likeness (QED) is 0.512. The molecular formula is C15H20NO2S+. The normalized spacial score (nSPS) is 11.7. The Labute approximate surface area is 117 Å². The van der Waals surface area contributed by atoms with Crippen LogP contribution in [0.3, 0.4) is 0 Å². The summed E-state index contributed by atoms with van der Waals surface area (Å²) in [4.78, 5) is 1.12. The van der Waals surface area contributed by atoms with Crippen LogP contribution < -0.4 is 4.57 Å². The monoisotopic (exact) mass is 278 g/mol. The Bertz CT molecular complexity index is 609. The Morgan fingerprint density at radius 2 is 1.68 bits per heavy atom. The minimum absolute atomic E-state index is 0.0698. The van der Waals surface area contributed by atoms with Gasteiger partial charge in [0.1, 0.15) is 0 Å². The summed E-state index contributed by atoms with van der Waals surface area (Å²) in [5.74, 6) is -0.145. The molecule has 2 N–H and O–H groups in total. The molecule has 1 heterocycles. The molecule has 2 aromatic rings. The van der Waals surface area contributed by atoms with E-state index < -0.39 is 0 Å². The highest BCUT2D eigenvalue weighted by Crippen LogP contribution is 2.35. The fourth-order valence-corrected chi connectivity index (χ4v) is 3.04. The molecule has 4 heteroatoms. The van der Waals surface area contributed by atoms with Gasteiger partial charge in [-0.25, -0.2) is 0 Å². The number of phenolic OH excluding ortho intramolecular Hbond substituents is 2. The van der Waals surface area contributed by atoms with E-state index in [1.54, 1.807) is 23.9 Å². The number of nitrogens with zero attached hydrogens (tertiary/aromatic N) is 1. The Kier molecular flexibility index (Phi) is 3.90. The fourth-order valence-electron chi connectivity index (χ4n) is 2.10. The van der Waals surface area contributed by atoms with Crippen LogP contribution in [0.1, 0.15) is 33.7 Å². The van der Waals surface area contributed by atoms with E-state index >= 15 is 0 Å². The van der Waals surface area contributed by atoms with Crippen molar-refractivity contribution >= 4 is 22.7 Å². The topological polar surface area (TPSA) is 44.3 Å². The minimum atomic E-state index is -0.0754. The van der Waals surface area contributed by atoms with Gasteiger partial charge in [-0.1, -0.05) is 13.8 Å². The second-order valence-electron chi connectivity index (χ2n) is 5.21. The molecule has 102 valence electrons. The molecule has 0 saturated heterocycles. The van der Waals surface area contributed by atoms with Crippen LogP contribution in [-0.4, -0.2) is 15.5 Å². The summed E-state index contributed by atoms with van der Waals surface area (Å²) >= 11 is 1.76. The van der Waals surface area contributed by atoms with Gasteiger partial charge in [-0.05, 0) is 19.9 Å². The second-order valence-corrected chi connectivity index (χ2v) is 6.82. The van der Waals surface area contributed by atoms with Crippen LogP contribution in [0.4, 0.5) is 0 Å². The smallest absolute Gasteiger partial charge is 0.217 e. The van der Waals surface area contributed by atoms with Gasteiger partial charge in [0.2, 0.25) is 5.52 Å². The van der Waals surface area contributed by atoms with Crippen molar-refractivity contribution in [2.24, 2.45) is 0 Å². The Morgan fingerprint density at radius 3 is 2.26 bits per heavy atom. The van der Waals surface area contributed by atoms with Crippen LogP contribution in [-0.2, 0) is 0 Å². The summed E-state index contributed by atoms with van der Waals surface area (Å²) in [6.45, 7) is 8.47. The molecule has 1 aromatic carbocycles. The number of thioether (sulfide) groups is 1. The predicted molar refractivity (Wildman–Crippen MR) is 78.9 cm³/mol. The van der Waals surface area contributed by atoms with Crippen LogP contribution in [0.25, 0.3) is 10.9 Å². The van der Waals surface area contributed by atoms with E-state index in [1.165, 1.54) is 0 Å². The second kappa shape index (κ2) is 5.29. The van der Waals surface area contributed by atoms with Crippen LogP contribution in [0.2, 0.25) is 0 Å². The van der Waals surface area contributed by atoms with E-state index in [1.807, 2.05) is 6.20 Å². The van der Waals surface area contributed by atoms with Crippen molar-refractivity contribution in [2.45, 2.75) is 43.9 Å². The highest BCUT2D eigenvalue weighted by Gasteiger charge is 2.18. The first-order valence-corrected chi connectivity index (χ1v) is 7.34. The van der Waals surface area contributed by atoms with E-state index in [0.717, 1.165) is 15.8 Å². The van der Waals surface area contributed by atoms with Crippen LogP contribution in [0.15, 0.2) is 29.3 Å². The third-order valence-electron chi connectivity index (χ3n) is 2.94. The molecule has 0 atom stereocenters. The minimum Gasteiger partial charge on any atom is -0.504 e. The Hall–Kier alpha value is -1.42. The van der Waals surface area contributed by atoms with Gasteiger partial charge in [0, 0.05) is 16.2 Å². The zero-order valence-electron chi connectivity index (χ0n) is 11.7. The third-order valence-corrected chi connectivity index (χ3v) is 4.02. The molecule has 19 heavy (non-hydrogen) atoms. The molecule has 0 radical (unpaired) electrons. The van der Waals surface area contributed by atoms with Crippen molar-refractivity contribution in [3.8, 4) is 11.5 Å². The highest BCUT2D eigenvalue weighted by atomic mass is 32.2. The lowest BCUT2D eigenvalue weighted by Gasteiger charge is -2.11. The number of rotatable bonds is 3. The van der Waals surface area contributed by atoms with Gasteiger partial charge in [0.25, 0.3) is 0 Å². The predicted octanol–water partition coefficient (Wildman–Crippen LogP) is 3.62. The summed E-state index contributed by atoms with van der Waals surface area (Å²) in [5.41, 5.74) is 0.941. The summed E-state index contributed by atoms with van der Waals surface area (Å²) in [5, 5.41) is 20.9. The molecule has 0 amide bonds. The van der Waals surface area contributed by atoms with E-state index in [-0.39, 0.29) is 11.5 Å². The van der Waals surface area contributed by atoms with Crippen molar-refractivity contribution in [3.63, 3.8) is 0 Å². The van der Waals surface area contributed by atoms with Crippen molar-refractivity contribution < 1.29 is 14.8 Å². The average molecular weight is 278 g/mol. The molecule has 0 aliphatic heterocycles. The van der Waals surface area contributed by atoms with Gasteiger partial charge in [0.15, 0.2) is 23.7 Å². The van der Waals surface area contributed by atoms with Crippen LogP contribution >= 0.6 is 11.8 Å². The summed E-state index contributed by atoms with van der Waals surface area (Å²) in [6.07, 6.45) is 2.04. The van der Waals surface area contributed by atoms with E-state index in [2.05, 4.69) is 38.3 Å². The Morgan fingerprint density at radius 1 is 1.05 bits per heavy atom. The summed E-state index contributed by atoms with van der Waals surface area (Å²) in [6, 6.07) is 5.65. The van der Waals surface area contributed by atoms with Crippen LogP contribution in [0, 0.1) is 0 Å². The molecule has 0 aliphatic carbocycles. The molecule has 0 fully saturated rings. The lowest BCUT2D eigenvalue weighted by atomic mass is 10.1. The van der Waals surface area contributed by atoms with E-state index in [9.17, 15) is 10.2 Å². The molecule has 0 spiro atoms. The van der Waals surface area contributed by atoms with Gasteiger partial charge in [-0.3, -0.25) is 0 Å². The molecule has 3 nitrogen and oxygen atoms in total. The summed E-state index contributed by atoms with van der Waals surface area (Å²) in [7, 11) is 0. The highest BCUT2D eigenvalue weighted by molar-refractivity contribution is 8.00.